The first-order valence-corrected chi connectivity index (χ1v) is 10.5. The number of esters is 1. The molecule has 7 nitrogen and oxygen atoms in total. The molecule has 0 fully saturated rings. The first kappa shape index (κ1) is 24.5. The highest BCUT2D eigenvalue weighted by atomic mass is 16.5. The minimum atomic E-state index is -0.560. The number of benzene rings is 2. The van der Waals surface area contributed by atoms with E-state index in [-0.39, 0.29) is 12.2 Å². The highest BCUT2D eigenvalue weighted by Gasteiger charge is 2.12. The van der Waals surface area contributed by atoms with Crippen molar-refractivity contribution in [1.29, 1.82) is 5.26 Å². The maximum atomic E-state index is 12.5. The summed E-state index contributed by atoms with van der Waals surface area (Å²) in [5.41, 5.74) is 1.40. The Labute approximate surface area is 188 Å². The number of nitrogens with zero attached hydrogens (tertiary/aromatic N) is 1. The molecule has 2 rings (SSSR count). The average molecular weight is 437 g/mol. The SMILES string of the molecule is CCCCCOc1ccc(/C=C(\C#N)C(=O)Nc2ccc(C(=O)OCC)cc2)cc1OC. The average Bonchev–Trinajstić information content (AvgIpc) is 2.81. The molecule has 168 valence electrons. The standard InChI is InChI=1S/C25H28N2O5/c1-4-6-7-14-32-22-13-8-18(16-23(22)30-3)15-20(17-26)24(28)27-21-11-9-19(10-12-21)25(29)31-5-2/h8-13,15-16H,4-7,14H2,1-3H3,(H,27,28)/b20-15+. The van der Waals surface area contributed by atoms with E-state index in [1.54, 1.807) is 56.5 Å². The summed E-state index contributed by atoms with van der Waals surface area (Å²) in [7, 11) is 1.54. The number of rotatable bonds is 11. The quantitative estimate of drug-likeness (QED) is 0.231. The Bertz CT molecular complexity index is 990. The molecule has 0 atom stereocenters. The van der Waals surface area contributed by atoms with Crippen LogP contribution in [0.5, 0.6) is 11.5 Å². The Morgan fingerprint density at radius 1 is 1.06 bits per heavy atom. The zero-order valence-corrected chi connectivity index (χ0v) is 18.6. The second kappa shape index (κ2) is 12.8. The van der Waals surface area contributed by atoms with Crippen molar-refractivity contribution in [2.75, 3.05) is 25.6 Å². The molecule has 0 radical (unpaired) electrons. The number of amides is 1. The number of ether oxygens (including phenoxy) is 3. The number of nitrogens with one attached hydrogen (secondary N) is 1. The van der Waals surface area contributed by atoms with Crippen molar-refractivity contribution in [3.63, 3.8) is 0 Å². The molecule has 0 saturated heterocycles. The number of unbranched alkanes of at least 4 members (excludes halogenated alkanes) is 2. The summed E-state index contributed by atoms with van der Waals surface area (Å²) in [6.45, 7) is 4.74. The molecular formula is C25H28N2O5. The van der Waals surface area contributed by atoms with Gasteiger partial charge in [0.2, 0.25) is 0 Å². The largest absolute Gasteiger partial charge is 0.493 e. The zero-order valence-electron chi connectivity index (χ0n) is 18.6. The van der Waals surface area contributed by atoms with Gasteiger partial charge in [0, 0.05) is 5.69 Å². The third-order valence-corrected chi connectivity index (χ3v) is 4.52. The lowest BCUT2D eigenvalue weighted by Gasteiger charge is -2.11. The molecule has 32 heavy (non-hydrogen) atoms. The van der Waals surface area contributed by atoms with Crippen LogP contribution in [0.15, 0.2) is 48.0 Å². The Balaban J connectivity index is 2.10. The van der Waals surface area contributed by atoms with Gasteiger partial charge in [-0.05, 0) is 61.4 Å². The number of hydrogen-bond acceptors (Lipinski definition) is 6. The molecule has 0 aliphatic carbocycles. The van der Waals surface area contributed by atoms with E-state index in [1.807, 2.05) is 6.07 Å². The van der Waals surface area contributed by atoms with E-state index in [0.29, 0.717) is 34.9 Å². The molecule has 0 unspecified atom stereocenters. The van der Waals surface area contributed by atoms with Crippen molar-refractivity contribution in [2.24, 2.45) is 0 Å². The highest BCUT2D eigenvalue weighted by molar-refractivity contribution is 6.09. The fourth-order valence-electron chi connectivity index (χ4n) is 2.85. The van der Waals surface area contributed by atoms with Crippen LogP contribution in [0, 0.1) is 11.3 Å². The lowest BCUT2D eigenvalue weighted by atomic mass is 10.1. The van der Waals surface area contributed by atoms with Crippen LogP contribution < -0.4 is 14.8 Å². The summed E-state index contributed by atoms with van der Waals surface area (Å²) < 4.78 is 16.1. The smallest absolute Gasteiger partial charge is 0.338 e. The fourth-order valence-corrected chi connectivity index (χ4v) is 2.85. The molecule has 0 heterocycles. The number of carbonyl (C=O) groups excluding carboxylic acids is 2. The third-order valence-electron chi connectivity index (χ3n) is 4.52. The van der Waals surface area contributed by atoms with Crippen LogP contribution in [0.2, 0.25) is 0 Å². The van der Waals surface area contributed by atoms with E-state index >= 15 is 0 Å². The summed E-state index contributed by atoms with van der Waals surface area (Å²) in [6, 6.07) is 13.4. The van der Waals surface area contributed by atoms with E-state index in [1.165, 1.54) is 6.08 Å². The minimum Gasteiger partial charge on any atom is -0.493 e. The van der Waals surface area contributed by atoms with Gasteiger partial charge in [-0.2, -0.15) is 5.26 Å². The van der Waals surface area contributed by atoms with Gasteiger partial charge in [0.05, 0.1) is 25.9 Å². The van der Waals surface area contributed by atoms with Gasteiger partial charge >= 0.3 is 5.97 Å². The van der Waals surface area contributed by atoms with Gasteiger partial charge in [0.25, 0.3) is 5.91 Å². The Hall–Kier alpha value is -3.79. The molecule has 0 aromatic heterocycles. The van der Waals surface area contributed by atoms with Gasteiger partial charge in [0.15, 0.2) is 11.5 Å². The van der Waals surface area contributed by atoms with E-state index in [9.17, 15) is 14.9 Å². The van der Waals surface area contributed by atoms with Gasteiger partial charge < -0.3 is 19.5 Å². The zero-order chi connectivity index (χ0) is 23.3. The maximum Gasteiger partial charge on any atom is 0.338 e. The highest BCUT2D eigenvalue weighted by Crippen LogP contribution is 2.29. The number of methoxy groups -OCH3 is 1. The third kappa shape index (κ3) is 7.17. The monoisotopic (exact) mass is 436 g/mol. The van der Waals surface area contributed by atoms with Crippen LogP contribution in [-0.4, -0.2) is 32.2 Å². The topological polar surface area (TPSA) is 97.7 Å². The summed E-state index contributed by atoms with van der Waals surface area (Å²) in [5, 5.41) is 12.1. The van der Waals surface area contributed by atoms with Gasteiger partial charge in [-0.1, -0.05) is 25.8 Å². The summed E-state index contributed by atoms with van der Waals surface area (Å²) in [5.74, 6) is 0.151. The Morgan fingerprint density at radius 2 is 1.81 bits per heavy atom. The van der Waals surface area contributed by atoms with Crippen molar-refractivity contribution in [1.82, 2.24) is 0 Å². The van der Waals surface area contributed by atoms with Crippen LogP contribution in [0.25, 0.3) is 6.08 Å². The molecule has 0 aliphatic heterocycles. The van der Waals surface area contributed by atoms with Crippen LogP contribution in [-0.2, 0) is 9.53 Å². The minimum absolute atomic E-state index is 0.0712. The lowest BCUT2D eigenvalue weighted by Crippen LogP contribution is -2.13. The number of anilines is 1. The van der Waals surface area contributed by atoms with Gasteiger partial charge in [-0.3, -0.25) is 4.79 Å². The Kier molecular flexibility index (Phi) is 9.79. The maximum absolute atomic E-state index is 12.5. The molecule has 2 aromatic rings. The van der Waals surface area contributed by atoms with E-state index in [4.69, 9.17) is 14.2 Å². The molecule has 0 saturated carbocycles. The molecule has 0 bridgehead atoms. The normalized spacial score (nSPS) is 10.8. The van der Waals surface area contributed by atoms with Crippen molar-refractivity contribution in [2.45, 2.75) is 33.1 Å². The van der Waals surface area contributed by atoms with Crippen molar-refractivity contribution < 1.29 is 23.8 Å². The Morgan fingerprint density at radius 3 is 2.44 bits per heavy atom. The van der Waals surface area contributed by atoms with Crippen LogP contribution >= 0.6 is 0 Å². The number of nitriles is 1. The van der Waals surface area contributed by atoms with Crippen LogP contribution in [0.1, 0.15) is 49.0 Å². The van der Waals surface area contributed by atoms with E-state index < -0.39 is 11.9 Å². The molecule has 1 N–H and O–H groups in total. The first-order chi connectivity index (χ1) is 15.5. The van der Waals surface area contributed by atoms with E-state index in [2.05, 4.69) is 12.2 Å². The van der Waals surface area contributed by atoms with Gasteiger partial charge in [0.1, 0.15) is 11.6 Å². The molecule has 0 spiro atoms. The second-order valence-electron chi connectivity index (χ2n) is 6.89. The lowest BCUT2D eigenvalue weighted by molar-refractivity contribution is -0.112. The van der Waals surface area contributed by atoms with Gasteiger partial charge in [-0.15, -0.1) is 0 Å². The summed E-state index contributed by atoms with van der Waals surface area (Å²) >= 11 is 0. The summed E-state index contributed by atoms with van der Waals surface area (Å²) in [4.78, 5) is 24.3. The predicted octanol–water partition coefficient (Wildman–Crippen LogP) is 4.99. The van der Waals surface area contributed by atoms with E-state index in [0.717, 1.165) is 19.3 Å². The second-order valence-corrected chi connectivity index (χ2v) is 6.89. The van der Waals surface area contributed by atoms with Crippen molar-refractivity contribution in [3.8, 4) is 17.6 Å². The molecule has 0 aliphatic rings. The molecular weight excluding hydrogens is 408 g/mol. The van der Waals surface area contributed by atoms with Crippen LogP contribution in [0.4, 0.5) is 5.69 Å². The van der Waals surface area contributed by atoms with Crippen molar-refractivity contribution >= 4 is 23.6 Å². The molecule has 7 heteroatoms. The fraction of sp³-hybridized carbons (Fsp3) is 0.320. The molecule has 1 amide bonds. The predicted molar refractivity (Wildman–Crippen MR) is 123 cm³/mol. The van der Waals surface area contributed by atoms with Gasteiger partial charge in [-0.25, -0.2) is 4.79 Å². The first-order valence-electron chi connectivity index (χ1n) is 10.5. The number of carbonyl (C=O) groups is 2. The van der Waals surface area contributed by atoms with Crippen molar-refractivity contribution in [3.05, 3.63) is 59.2 Å². The number of hydrogen-bond donors (Lipinski definition) is 1. The van der Waals surface area contributed by atoms with Crippen LogP contribution in [0.3, 0.4) is 0 Å². The summed E-state index contributed by atoms with van der Waals surface area (Å²) in [6.07, 6.45) is 4.64. The molecule has 2 aromatic carbocycles.